The van der Waals surface area contributed by atoms with Crippen LogP contribution in [0.2, 0.25) is 10.0 Å². The number of hydrogen-bond acceptors (Lipinski definition) is 3. The second-order valence-corrected chi connectivity index (χ2v) is 5.69. The number of rotatable bonds is 5. The first-order valence-electron chi connectivity index (χ1n) is 6.74. The molecular formula is C17H13Cl2FO3. The van der Waals surface area contributed by atoms with Crippen molar-refractivity contribution < 1.29 is 18.7 Å². The minimum absolute atomic E-state index is 0.0386. The Labute approximate surface area is 143 Å². The second-order valence-electron chi connectivity index (χ2n) is 4.85. The molecule has 1 atom stereocenters. The van der Waals surface area contributed by atoms with Crippen molar-refractivity contribution in [2.45, 2.75) is 12.3 Å². The van der Waals surface area contributed by atoms with Crippen molar-refractivity contribution >= 4 is 35.0 Å². The molecule has 2 aromatic carbocycles. The molecule has 0 fully saturated rings. The number of ketones is 1. The lowest BCUT2D eigenvalue weighted by atomic mass is 9.91. The third-order valence-electron chi connectivity index (χ3n) is 3.39. The molecule has 0 saturated carbocycles. The third-order valence-corrected chi connectivity index (χ3v) is 3.97. The van der Waals surface area contributed by atoms with Gasteiger partial charge in [0.05, 0.1) is 13.0 Å². The summed E-state index contributed by atoms with van der Waals surface area (Å²) in [5, 5.41) is 0.563. The molecule has 6 heteroatoms. The fourth-order valence-electron chi connectivity index (χ4n) is 2.23. The number of methoxy groups -OCH3 is 1. The molecule has 0 heterocycles. The van der Waals surface area contributed by atoms with E-state index in [-0.39, 0.29) is 22.8 Å². The molecule has 120 valence electrons. The van der Waals surface area contributed by atoms with Gasteiger partial charge in [-0.2, -0.15) is 0 Å². The summed E-state index contributed by atoms with van der Waals surface area (Å²) >= 11 is 11.8. The monoisotopic (exact) mass is 354 g/mol. The van der Waals surface area contributed by atoms with Gasteiger partial charge in [-0.25, -0.2) is 4.39 Å². The average molecular weight is 355 g/mol. The van der Waals surface area contributed by atoms with Gasteiger partial charge in [-0.1, -0.05) is 29.3 Å². The summed E-state index contributed by atoms with van der Waals surface area (Å²) in [6.07, 6.45) is -0.255. The molecule has 23 heavy (non-hydrogen) atoms. The Kier molecular flexibility index (Phi) is 5.74. The predicted molar refractivity (Wildman–Crippen MR) is 86.6 cm³/mol. The van der Waals surface area contributed by atoms with Crippen LogP contribution in [0, 0.1) is 5.82 Å². The van der Waals surface area contributed by atoms with Gasteiger partial charge in [0, 0.05) is 27.6 Å². The van der Waals surface area contributed by atoms with Gasteiger partial charge in [-0.3, -0.25) is 9.59 Å². The highest BCUT2D eigenvalue weighted by Gasteiger charge is 2.29. The summed E-state index contributed by atoms with van der Waals surface area (Å²) < 4.78 is 18.8. The van der Waals surface area contributed by atoms with Crippen molar-refractivity contribution in [3.63, 3.8) is 0 Å². The molecule has 0 spiro atoms. The van der Waals surface area contributed by atoms with Crippen molar-refractivity contribution in [1.29, 1.82) is 0 Å². The molecule has 0 aliphatic heterocycles. The number of benzene rings is 2. The first kappa shape index (κ1) is 17.4. The lowest BCUT2D eigenvalue weighted by Gasteiger charge is -2.16. The predicted octanol–water partition coefficient (Wildman–Crippen LogP) is 4.66. The van der Waals surface area contributed by atoms with E-state index in [9.17, 15) is 14.0 Å². The van der Waals surface area contributed by atoms with Gasteiger partial charge in [0.25, 0.3) is 0 Å². The average Bonchev–Trinajstić information content (AvgIpc) is 2.53. The molecule has 0 radical (unpaired) electrons. The first-order chi connectivity index (χ1) is 10.9. The van der Waals surface area contributed by atoms with Crippen molar-refractivity contribution in [2.24, 2.45) is 0 Å². The van der Waals surface area contributed by atoms with E-state index in [2.05, 4.69) is 0 Å². The topological polar surface area (TPSA) is 43.4 Å². The van der Waals surface area contributed by atoms with E-state index in [0.717, 1.165) is 0 Å². The van der Waals surface area contributed by atoms with Gasteiger partial charge in [-0.15, -0.1) is 0 Å². The summed E-state index contributed by atoms with van der Waals surface area (Å²) in [7, 11) is 1.18. The standard InChI is InChI=1S/C17H13Cl2FO3/c1-23-17(22)12(16-13(19)3-2-4-14(16)20)9-15(21)10-5-7-11(18)8-6-10/h2-8,12H,9H2,1H3/t12-/m1/s1. The number of carbonyl (C=O) groups excluding carboxylic acids is 2. The van der Waals surface area contributed by atoms with Crippen LogP contribution < -0.4 is 0 Å². The number of Topliss-reactive ketones (excluding diaryl/α,β-unsaturated/α-hetero) is 1. The van der Waals surface area contributed by atoms with E-state index in [1.165, 1.54) is 25.3 Å². The van der Waals surface area contributed by atoms with Gasteiger partial charge in [0.2, 0.25) is 0 Å². The number of ether oxygens (including phenoxy) is 1. The van der Waals surface area contributed by atoms with E-state index in [0.29, 0.717) is 10.6 Å². The zero-order valence-corrected chi connectivity index (χ0v) is 13.7. The van der Waals surface area contributed by atoms with E-state index in [4.69, 9.17) is 27.9 Å². The Morgan fingerprint density at radius 1 is 1.13 bits per heavy atom. The quantitative estimate of drug-likeness (QED) is 0.579. The fourth-order valence-corrected chi connectivity index (χ4v) is 2.65. The molecule has 3 nitrogen and oxygen atoms in total. The molecule has 0 aliphatic rings. The molecular weight excluding hydrogens is 342 g/mol. The minimum Gasteiger partial charge on any atom is -0.469 e. The smallest absolute Gasteiger partial charge is 0.313 e. The van der Waals surface area contributed by atoms with Gasteiger partial charge >= 0.3 is 5.97 Å². The van der Waals surface area contributed by atoms with Crippen LogP contribution in [0.1, 0.15) is 28.3 Å². The molecule has 2 aromatic rings. The third kappa shape index (κ3) is 4.09. The van der Waals surface area contributed by atoms with Crippen LogP contribution in [0.3, 0.4) is 0 Å². The van der Waals surface area contributed by atoms with Crippen LogP contribution in [0.5, 0.6) is 0 Å². The van der Waals surface area contributed by atoms with Crippen LogP contribution in [0.15, 0.2) is 42.5 Å². The Bertz CT molecular complexity index is 709. The van der Waals surface area contributed by atoms with Crippen LogP contribution in [0.4, 0.5) is 4.39 Å². The van der Waals surface area contributed by atoms with E-state index in [1.807, 2.05) is 0 Å². The second kappa shape index (κ2) is 7.57. The van der Waals surface area contributed by atoms with Crippen LogP contribution in [-0.4, -0.2) is 18.9 Å². The Morgan fingerprint density at radius 2 is 1.78 bits per heavy atom. The van der Waals surface area contributed by atoms with Gasteiger partial charge in [0.1, 0.15) is 5.82 Å². The van der Waals surface area contributed by atoms with E-state index >= 15 is 0 Å². The van der Waals surface area contributed by atoms with Crippen LogP contribution >= 0.6 is 23.2 Å². The summed E-state index contributed by atoms with van der Waals surface area (Å²) in [5.41, 5.74) is 0.332. The van der Waals surface area contributed by atoms with Crippen molar-refractivity contribution in [3.8, 4) is 0 Å². The lowest BCUT2D eigenvalue weighted by Crippen LogP contribution is -2.20. The van der Waals surface area contributed by atoms with E-state index < -0.39 is 17.7 Å². The normalized spacial score (nSPS) is 11.8. The van der Waals surface area contributed by atoms with Gasteiger partial charge in [-0.05, 0) is 36.4 Å². The zero-order valence-electron chi connectivity index (χ0n) is 12.2. The summed E-state index contributed by atoms with van der Waals surface area (Å²) in [6.45, 7) is 0. The highest BCUT2D eigenvalue weighted by Crippen LogP contribution is 2.31. The van der Waals surface area contributed by atoms with Crippen LogP contribution in [-0.2, 0) is 9.53 Å². The summed E-state index contributed by atoms with van der Waals surface area (Å²) in [4.78, 5) is 24.4. The maximum atomic E-state index is 14.1. The number of esters is 1. The molecule has 0 N–H and O–H groups in total. The number of carbonyl (C=O) groups is 2. The fraction of sp³-hybridized carbons (Fsp3) is 0.176. The molecule has 0 aliphatic carbocycles. The first-order valence-corrected chi connectivity index (χ1v) is 7.50. The maximum Gasteiger partial charge on any atom is 0.313 e. The van der Waals surface area contributed by atoms with E-state index in [1.54, 1.807) is 24.3 Å². The lowest BCUT2D eigenvalue weighted by molar-refractivity contribution is -0.142. The molecule has 0 aromatic heterocycles. The zero-order chi connectivity index (χ0) is 17.0. The maximum absolute atomic E-state index is 14.1. The van der Waals surface area contributed by atoms with Crippen LogP contribution in [0.25, 0.3) is 0 Å². The molecule has 0 amide bonds. The summed E-state index contributed by atoms with van der Waals surface area (Å²) in [5.74, 6) is -2.83. The number of hydrogen-bond donors (Lipinski definition) is 0. The Morgan fingerprint density at radius 3 is 2.35 bits per heavy atom. The molecule has 2 rings (SSSR count). The molecule has 0 saturated heterocycles. The summed E-state index contributed by atoms with van der Waals surface area (Å²) in [6, 6.07) is 10.3. The SMILES string of the molecule is COC(=O)[C@H](CC(=O)c1ccc(Cl)cc1)c1c(F)cccc1Cl. The van der Waals surface area contributed by atoms with Crippen molar-refractivity contribution in [2.75, 3.05) is 7.11 Å². The highest BCUT2D eigenvalue weighted by atomic mass is 35.5. The molecule has 0 bridgehead atoms. The Hall–Kier alpha value is -1.91. The number of halogens is 3. The Balaban J connectivity index is 2.35. The van der Waals surface area contributed by atoms with Crippen molar-refractivity contribution in [1.82, 2.24) is 0 Å². The van der Waals surface area contributed by atoms with Crippen molar-refractivity contribution in [3.05, 3.63) is 69.5 Å². The molecule has 0 unspecified atom stereocenters. The minimum atomic E-state index is -1.11. The highest BCUT2D eigenvalue weighted by molar-refractivity contribution is 6.31. The van der Waals surface area contributed by atoms with Gasteiger partial charge < -0.3 is 4.74 Å². The van der Waals surface area contributed by atoms with Gasteiger partial charge in [0.15, 0.2) is 5.78 Å². The largest absolute Gasteiger partial charge is 0.469 e.